The molecule has 4 aromatic carbocycles. The lowest BCUT2D eigenvalue weighted by Crippen LogP contribution is -2.14. The summed E-state index contributed by atoms with van der Waals surface area (Å²) in [6.07, 6.45) is 0. The van der Waals surface area contributed by atoms with Gasteiger partial charge in [-0.15, -0.1) is 0 Å². The highest BCUT2D eigenvalue weighted by Gasteiger charge is 2.16. The van der Waals surface area contributed by atoms with E-state index in [4.69, 9.17) is 9.47 Å². The molecule has 1 amide bonds. The predicted molar refractivity (Wildman–Crippen MR) is 129 cm³/mol. The lowest BCUT2D eigenvalue weighted by Gasteiger charge is -2.12. The quantitative estimate of drug-likeness (QED) is 0.407. The van der Waals surface area contributed by atoms with E-state index in [1.165, 1.54) is 38.5 Å². The summed E-state index contributed by atoms with van der Waals surface area (Å²) in [5, 5.41) is 4.49. The van der Waals surface area contributed by atoms with E-state index in [-0.39, 0.29) is 10.8 Å². The van der Waals surface area contributed by atoms with Gasteiger partial charge in [0.05, 0.1) is 24.8 Å². The molecular weight excluding hydrogens is 440 g/mol. The molecule has 0 radical (unpaired) electrons. The van der Waals surface area contributed by atoms with Crippen LogP contribution in [-0.2, 0) is 10.0 Å². The Balaban J connectivity index is 1.51. The molecule has 0 unspecified atom stereocenters. The zero-order valence-corrected chi connectivity index (χ0v) is 18.8. The Morgan fingerprint density at radius 3 is 2.21 bits per heavy atom. The van der Waals surface area contributed by atoms with Gasteiger partial charge in [-0.25, -0.2) is 8.42 Å². The van der Waals surface area contributed by atoms with E-state index in [0.717, 1.165) is 10.8 Å². The molecule has 168 valence electrons. The standard InChI is InChI=1S/C25H22N2O5S/c1-31-23-15-10-18(16-24(23)32-2)25(28)26-19-11-13-20(14-12-19)33(29,30)27-22-9-5-7-17-6-3-4-8-21(17)22/h3-16,27H,1-2H3,(H,26,28). The van der Waals surface area contributed by atoms with Crippen molar-refractivity contribution in [3.63, 3.8) is 0 Å². The fourth-order valence-electron chi connectivity index (χ4n) is 3.42. The number of fused-ring (bicyclic) bond motifs is 1. The molecule has 0 aliphatic carbocycles. The highest BCUT2D eigenvalue weighted by molar-refractivity contribution is 7.92. The van der Waals surface area contributed by atoms with E-state index in [9.17, 15) is 13.2 Å². The van der Waals surface area contributed by atoms with Crippen LogP contribution in [0.4, 0.5) is 11.4 Å². The molecule has 0 aliphatic rings. The van der Waals surface area contributed by atoms with Crippen molar-refractivity contribution in [3.05, 3.63) is 90.5 Å². The molecule has 0 aliphatic heterocycles. The first-order valence-electron chi connectivity index (χ1n) is 10.1. The number of hydrogen-bond acceptors (Lipinski definition) is 5. The molecule has 2 N–H and O–H groups in total. The van der Waals surface area contributed by atoms with E-state index in [1.54, 1.807) is 30.3 Å². The summed E-state index contributed by atoms with van der Waals surface area (Å²) in [7, 11) is -0.805. The van der Waals surface area contributed by atoms with Crippen LogP contribution in [0.5, 0.6) is 11.5 Å². The SMILES string of the molecule is COc1ccc(C(=O)Nc2ccc(S(=O)(=O)Nc3cccc4ccccc34)cc2)cc1OC. The third-order valence-electron chi connectivity index (χ3n) is 5.10. The van der Waals surface area contributed by atoms with Gasteiger partial charge >= 0.3 is 0 Å². The molecule has 4 aromatic rings. The van der Waals surface area contributed by atoms with Crippen molar-refractivity contribution >= 4 is 38.1 Å². The van der Waals surface area contributed by atoms with Crippen LogP contribution >= 0.6 is 0 Å². The fraction of sp³-hybridized carbons (Fsp3) is 0.0800. The molecule has 4 rings (SSSR count). The van der Waals surface area contributed by atoms with Gasteiger partial charge in [0.2, 0.25) is 0 Å². The predicted octanol–water partition coefficient (Wildman–Crippen LogP) is 4.91. The van der Waals surface area contributed by atoms with Gasteiger partial charge in [-0.05, 0) is 53.9 Å². The Bertz CT molecular complexity index is 1410. The van der Waals surface area contributed by atoms with Crippen LogP contribution in [0.3, 0.4) is 0 Å². The molecule has 0 saturated carbocycles. The first kappa shape index (κ1) is 22.2. The third kappa shape index (κ3) is 4.75. The average molecular weight is 463 g/mol. The highest BCUT2D eigenvalue weighted by Crippen LogP contribution is 2.28. The van der Waals surface area contributed by atoms with E-state index in [1.807, 2.05) is 30.3 Å². The second-order valence-electron chi connectivity index (χ2n) is 7.18. The van der Waals surface area contributed by atoms with Crippen LogP contribution < -0.4 is 19.5 Å². The second-order valence-corrected chi connectivity index (χ2v) is 8.86. The minimum Gasteiger partial charge on any atom is -0.493 e. The molecule has 0 atom stereocenters. The smallest absolute Gasteiger partial charge is 0.261 e. The summed E-state index contributed by atoms with van der Waals surface area (Å²) in [6.45, 7) is 0. The molecule has 0 spiro atoms. The molecule has 0 bridgehead atoms. The number of nitrogens with one attached hydrogen (secondary N) is 2. The van der Waals surface area contributed by atoms with Crippen LogP contribution in [-0.4, -0.2) is 28.5 Å². The van der Waals surface area contributed by atoms with Crippen molar-refractivity contribution in [1.29, 1.82) is 0 Å². The summed E-state index contributed by atoms with van der Waals surface area (Å²) in [6, 6.07) is 23.8. The number of benzene rings is 4. The summed E-state index contributed by atoms with van der Waals surface area (Å²) in [5.74, 6) is 0.592. The van der Waals surface area contributed by atoms with Crippen molar-refractivity contribution in [1.82, 2.24) is 0 Å². The minimum absolute atomic E-state index is 0.0829. The van der Waals surface area contributed by atoms with Crippen molar-refractivity contribution in [2.75, 3.05) is 24.3 Å². The van der Waals surface area contributed by atoms with Gasteiger partial charge in [0, 0.05) is 16.6 Å². The number of ether oxygens (including phenoxy) is 2. The lowest BCUT2D eigenvalue weighted by atomic mass is 10.1. The number of methoxy groups -OCH3 is 2. The van der Waals surface area contributed by atoms with E-state index < -0.39 is 10.0 Å². The zero-order valence-electron chi connectivity index (χ0n) is 18.0. The largest absolute Gasteiger partial charge is 0.493 e. The zero-order chi connectivity index (χ0) is 23.4. The van der Waals surface area contributed by atoms with Crippen LogP contribution in [0.25, 0.3) is 10.8 Å². The number of hydrogen-bond donors (Lipinski definition) is 2. The van der Waals surface area contributed by atoms with Crippen molar-refractivity contribution in [3.8, 4) is 11.5 Å². The lowest BCUT2D eigenvalue weighted by molar-refractivity contribution is 0.102. The first-order chi connectivity index (χ1) is 15.9. The van der Waals surface area contributed by atoms with Gasteiger partial charge in [0.1, 0.15) is 0 Å². The molecule has 0 saturated heterocycles. The summed E-state index contributed by atoms with van der Waals surface area (Å²) < 4.78 is 38.9. The molecule has 0 aromatic heterocycles. The number of anilines is 2. The van der Waals surface area contributed by atoms with E-state index in [2.05, 4.69) is 10.0 Å². The summed E-state index contributed by atoms with van der Waals surface area (Å²) in [4.78, 5) is 12.7. The molecule has 0 heterocycles. The third-order valence-corrected chi connectivity index (χ3v) is 6.48. The maximum absolute atomic E-state index is 12.9. The van der Waals surface area contributed by atoms with Crippen molar-refractivity contribution in [2.45, 2.75) is 4.90 Å². The molecule has 8 heteroatoms. The Kier molecular flexibility index (Phi) is 6.19. The van der Waals surface area contributed by atoms with Gasteiger partial charge in [-0.2, -0.15) is 0 Å². The Hall–Kier alpha value is -4.04. The van der Waals surface area contributed by atoms with Crippen LogP contribution in [0.2, 0.25) is 0 Å². The van der Waals surface area contributed by atoms with Gasteiger partial charge in [0.15, 0.2) is 11.5 Å². The van der Waals surface area contributed by atoms with Gasteiger partial charge in [-0.3, -0.25) is 9.52 Å². The number of carbonyl (C=O) groups is 1. The highest BCUT2D eigenvalue weighted by atomic mass is 32.2. The fourth-order valence-corrected chi connectivity index (χ4v) is 4.50. The first-order valence-corrected chi connectivity index (χ1v) is 11.5. The van der Waals surface area contributed by atoms with Gasteiger partial charge < -0.3 is 14.8 Å². The molecule has 0 fully saturated rings. The van der Waals surface area contributed by atoms with Gasteiger partial charge in [-0.1, -0.05) is 36.4 Å². The Morgan fingerprint density at radius 1 is 0.788 bits per heavy atom. The molecular formula is C25H22N2O5S. The average Bonchev–Trinajstić information content (AvgIpc) is 2.84. The monoisotopic (exact) mass is 462 g/mol. The number of sulfonamides is 1. The number of amides is 1. The minimum atomic E-state index is -3.81. The molecule has 7 nitrogen and oxygen atoms in total. The normalized spacial score (nSPS) is 11.1. The van der Waals surface area contributed by atoms with Crippen molar-refractivity contribution < 1.29 is 22.7 Å². The van der Waals surface area contributed by atoms with Gasteiger partial charge in [0.25, 0.3) is 15.9 Å². The number of rotatable bonds is 7. The van der Waals surface area contributed by atoms with Crippen LogP contribution in [0.1, 0.15) is 10.4 Å². The Morgan fingerprint density at radius 2 is 1.48 bits per heavy atom. The van der Waals surface area contributed by atoms with Crippen LogP contribution in [0, 0.1) is 0 Å². The Labute approximate surface area is 192 Å². The second kappa shape index (κ2) is 9.22. The number of carbonyl (C=O) groups excluding carboxylic acids is 1. The van der Waals surface area contributed by atoms with E-state index in [0.29, 0.717) is 28.4 Å². The topological polar surface area (TPSA) is 93.7 Å². The summed E-state index contributed by atoms with van der Waals surface area (Å²) >= 11 is 0. The maximum atomic E-state index is 12.9. The maximum Gasteiger partial charge on any atom is 0.261 e. The van der Waals surface area contributed by atoms with Crippen LogP contribution in [0.15, 0.2) is 89.8 Å². The van der Waals surface area contributed by atoms with Crippen molar-refractivity contribution in [2.24, 2.45) is 0 Å². The summed E-state index contributed by atoms with van der Waals surface area (Å²) in [5.41, 5.74) is 1.33. The van der Waals surface area contributed by atoms with E-state index >= 15 is 0 Å². The molecule has 33 heavy (non-hydrogen) atoms.